The highest BCUT2D eigenvalue weighted by Gasteiger charge is 2.43. The van der Waals surface area contributed by atoms with Crippen LogP contribution in [-0.4, -0.2) is 36.7 Å². The van der Waals surface area contributed by atoms with E-state index in [0.717, 1.165) is 56.4 Å². The van der Waals surface area contributed by atoms with Gasteiger partial charge in [-0.3, -0.25) is 4.99 Å². The van der Waals surface area contributed by atoms with Gasteiger partial charge in [-0.2, -0.15) is 0 Å². The lowest BCUT2D eigenvalue weighted by Crippen LogP contribution is -2.46. The number of hydrogen-bond donors (Lipinski definition) is 2. The van der Waals surface area contributed by atoms with Crippen LogP contribution in [0.15, 0.2) is 47.6 Å². The number of aromatic nitrogens is 1. The molecule has 6 nitrogen and oxygen atoms in total. The number of para-hydroxylation sites is 1. The second-order valence-electron chi connectivity index (χ2n) is 9.07. The normalized spacial score (nSPS) is 22.3. The Hall–Kier alpha value is -2.76. The molecule has 6 heteroatoms. The first-order valence-corrected chi connectivity index (χ1v) is 11.7. The molecule has 3 aliphatic rings. The van der Waals surface area contributed by atoms with Crippen LogP contribution in [0.25, 0.3) is 0 Å². The first kappa shape index (κ1) is 20.2. The fourth-order valence-electron chi connectivity index (χ4n) is 5.31. The Bertz CT molecular complexity index is 931. The van der Waals surface area contributed by atoms with Crippen molar-refractivity contribution in [2.45, 2.75) is 63.1 Å². The van der Waals surface area contributed by atoms with Crippen molar-refractivity contribution in [3.8, 4) is 5.75 Å². The molecule has 1 aromatic heterocycles. The fraction of sp³-hybridized carbons (Fsp3) is 0.520. The van der Waals surface area contributed by atoms with E-state index in [1.807, 2.05) is 13.2 Å². The predicted molar refractivity (Wildman–Crippen MR) is 125 cm³/mol. The Morgan fingerprint density at radius 1 is 1.16 bits per heavy atom. The first-order valence-electron chi connectivity index (χ1n) is 11.7. The molecule has 1 aromatic carbocycles. The summed E-state index contributed by atoms with van der Waals surface area (Å²) in [5.41, 5.74) is 2.42. The number of guanidine groups is 1. The molecule has 1 atom stereocenters. The molecule has 1 saturated carbocycles. The van der Waals surface area contributed by atoms with Gasteiger partial charge >= 0.3 is 0 Å². The lowest BCUT2D eigenvalue weighted by atomic mass is 9.86. The molecule has 2 fully saturated rings. The summed E-state index contributed by atoms with van der Waals surface area (Å²) in [5.74, 6) is 2.93. The lowest BCUT2D eigenvalue weighted by molar-refractivity contribution is 0.0396. The van der Waals surface area contributed by atoms with Crippen LogP contribution in [0.3, 0.4) is 0 Å². The number of benzene rings is 1. The van der Waals surface area contributed by atoms with Crippen molar-refractivity contribution >= 4 is 11.8 Å². The smallest absolute Gasteiger partial charge is 0.191 e. The van der Waals surface area contributed by atoms with E-state index in [1.54, 1.807) is 0 Å². The molecule has 1 saturated heterocycles. The zero-order chi connectivity index (χ0) is 21.1. The highest BCUT2D eigenvalue weighted by Crippen LogP contribution is 2.46. The monoisotopic (exact) mass is 419 g/mol. The number of nitrogens with one attached hydrogen (secondary N) is 2. The molecule has 1 unspecified atom stereocenters. The lowest BCUT2D eigenvalue weighted by Gasteiger charge is -2.40. The van der Waals surface area contributed by atoms with Crippen LogP contribution in [0.5, 0.6) is 5.75 Å². The molecular weight excluding hydrogens is 386 g/mol. The van der Waals surface area contributed by atoms with E-state index >= 15 is 0 Å². The summed E-state index contributed by atoms with van der Waals surface area (Å²) < 4.78 is 6.51. The third kappa shape index (κ3) is 4.34. The van der Waals surface area contributed by atoms with Crippen molar-refractivity contribution in [1.29, 1.82) is 0 Å². The molecule has 2 N–H and O–H groups in total. The molecule has 2 aliphatic heterocycles. The molecule has 164 valence electrons. The largest absolute Gasteiger partial charge is 0.487 e. The Kier molecular flexibility index (Phi) is 5.70. The standard InChI is InChI=1S/C25H33N5O/c1-26-24(28-18-19-10-13-27-23(16-19)30-14-6-7-15-30)29-21-17-25(11-4-5-12-25)31-22-9-3-2-8-20(21)22/h2-3,8-10,13,16,21H,4-7,11-12,14-15,17-18H2,1H3,(H2,26,28,29). The zero-order valence-corrected chi connectivity index (χ0v) is 18.4. The van der Waals surface area contributed by atoms with Gasteiger partial charge in [-0.1, -0.05) is 18.2 Å². The van der Waals surface area contributed by atoms with E-state index in [2.05, 4.69) is 61.9 Å². The van der Waals surface area contributed by atoms with Crippen LogP contribution in [0.2, 0.25) is 0 Å². The van der Waals surface area contributed by atoms with Crippen molar-refractivity contribution in [3.05, 3.63) is 53.7 Å². The zero-order valence-electron chi connectivity index (χ0n) is 18.4. The minimum Gasteiger partial charge on any atom is -0.487 e. The predicted octanol–water partition coefficient (Wildman–Crippen LogP) is 4.18. The number of anilines is 1. The number of nitrogens with zero attached hydrogens (tertiary/aromatic N) is 3. The van der Waals surface area contributed by atoms with Gasteiger partial charge in [0.25, 0.3) is 0 Å². The van der Waals surface area contributed by atoms with Gasteiger partial charge in [0.1, 0.15) is 17.2 Å². The van der Waals surface area contributed by atoms with E-state index in [1.165, 1.54) is 36.8 Å². The van der Waals surface area contributed by atoms with Crippen molar-refractivity contribution < 1.29 is 4.74 Å². The molecular formula is C25H33N5O. The van der Waals surface area contributed by atoms with E-state index in [4.69, 9.17) is 4.74 Å². The summed E-state index contributed by atoms with van der Waals surface area (Å²) >= 11 is 0. The summed E-state index contributed by atoms with van der Waals surface area (Å²) in [6.07, 6.45) is 10.2. The van der Waals surface area contributed by atoms with Crippen LogP contribution in [-0.2, 0) is 6.54 Å². The molecule has 0 bridgehead atoms. The molecule has 0 amide bonds. The van der Waals surface area contributed by atoms with Crippen LogP contribution in [0.4, 0.5) is 5.82 Å². The number of pyridine rings is 1. The number of ether oxygens (including phenoxy) is 1. The Morgan fingerprint density at radius 2 is 1.97 bits per heavy atom. The molecule has 3 heterocycles. The average molecular weight is 420 g/mol. The molecule has 1 spiro atoms. The van der Waals surface area contributed by atoms with Gasteiger partial charge in [0.15, 0.2) is 5.96 Å². The van der Waals surface area contributed by atoms with E-state index in [-0.39, 0.29) is 11.6 Å². The van der Waals surface area contributed by atoms with Crippen molar-refractivity contribution in [3.63, 3.8) is 0 Å². The summed E-state index contributed by atoms with van der Waals surface area (Å²) in [6.45, 7) is 2.94. The van der Waals surface area contributed by atoms with Gasteiger partial charge in [0.05, 0.1) is 6.04 Å². The van der Waals surface area contributed by atoms with Crippen LogP contribution >= 0.6 is 0 Å². The van der Waals surface area contributed by atoms with Gasteiger partial charge in [0.2, 0.25) is 0 Å². The topological polar surface area (TPSA) is 61.8 Å². The third-order valence-corrected chi connectivity index (χ3v) is 6.95. The summed E-state index contributed by atoms with van der Waals surface area (Å²) in [5, 5.41) is 7.20. The van der Waals surface area contributed by atoms with Crippen LogP contribution in [0, 0.1) is 0 Å². The van der Waals surface area contributed by atoms with Gasteiger partial charge in [-0.25, -0.2) is 4.98 Å². The van der Waals surface area contributed by atoms with Crippen molar-refractivity contribution in [1.82, 2.24) is 15.6 Å². The maximum absolute atomic E-state index is 6.51. The number of rotatable bonds is 4. The number of fused-ring (bicyclic) bond motifs is 1. The van der Waals surface area contributed by atoms with Crippen molar-refractivity contribution in [2.75, 3.05) is 25.0 Å². The summed E-state index contributed by atoms with van der Waals surface area (Å²) in [6, 6.07) is 12.9. The molecule has 5 rings (SSSR count). The van der Waals surface area contributed by atoms with Gasteiger partial charge < -0.3 is 20.3 Å². The Labute approximate surface area is 185 Å². The van der Waals surface area contributed by atoms with E-state index in [0.29, 0.717) is 0 Å². The summed E-state index contributed by atoms with van der Waals surface area (Å²) in [7, 11) is 1.84. The van der Waals surface area contributed by atoms with Gasteiger partial charge in [-0.05, 0) is 62.3 Å². The Balaban J connectivity index is 1.27. The van der Waals surface area contributed by atoms with Gasteiger partial charge in [-0.15, -0.1) is 0 Å². The minimum absolute atomic E-state index is 0.0272. The van der Waals surface area contributed by atoms with Gasteiger partial charge in [0, 0.05) is 44.9 Å². The molecule has 0 radical (unpaired) electrons. The molecule has 2 aromatic rings. The fourth-order valence-corrected chi connectivity index (χ4v) is 5.31. The minimum atomic E-state index is -0.0272. The third-order valence-electron chi connectivity index (χ3n) is 6.95. The molecule has 31 heavy (non-hydrogen) atoms. The highest BCUT2D eigenvalue weighted by molar-refractivity contribution is 5.80. The maximum Gasteiger partial charge on any atom is 0.191 e. The number of aliphatic imine (C=N–C) groups is 1. The Morgan fingerprint density at radius 3 is 2.77 bits per heavy atom. The van der Waals surface area contributed by atoms with E-state index in [9.17, 15) is 0 Å². The second-order valence-corrected chi connectivity index (χ2v) is 9.07. The first-order chi connectivity index (χ1) is 15.2. The average Bonchev–Trinajstić information content (AvgIpc) is 3.49. The molecule has 1 aliphatic carbocycles. The number of hydrogen-bond acceptors (Lipinski definition) is 4. The summed E-state index contributed by atoms with van der Waals surface area (Å²) in [4.78, 5) is 11.5. The maximum atomic E-state index is 6.51. The van der Waals surface area contributed by atoms with Crippen LogP contribution in [0.1, 0.15) is 62.1 Å². The quantitative estimate of drug-likeness (QED) is 0.575. The van der Waals surface area contributed by atoms with Crippen molar-refractivity contribution in [2.24, 2.45) is 4.99 Å². The second kappa shape index (κ2) is 8.77. The van der Waals surface area contributed by atoms with Crippen LogP contribution < -0.4 is 20.3 Å². The van der Waals surface area contributed by atoms with E-state index < -0.39 is 0 Å². The highest BCUT2D eigenvalue weighted by atomic mass is 16.5. The SMILES string of the molecule is CN=C(NCc1ccnc(N2CCCC2)c1)NC1CC2(CCCC2)Oc2ccccc21.